The monoisotopic (exact) mass is 451 g/mol. The molecule has 1 aliphatic rings. The molecule has 0 bridgehead atoms. The molecular weight excluding hydrogens is 414 g/mol. The molecule has 0 amide bonds. The molecule has 2 aromatic heterocycles. The van der Waals surface area contributed by atoms with Gasteiger partial charge in [0.15, 0.2) is 11.2 Å². The second-order valence-corrected chi connectivity index (χ2v) is 9.67. The maximum absolute atomic E-state index is 13.5. The number of imidazole rings is 1. The Balaban J connectivity index is 1.67. The van der Waals surface area contributed by atoms with Crippen LogP contribution in [-0.4, -0.2) is 25.2 Å². The van der Waals surface area contributed by atoms with E-state index in [1.807, 2.05) is 4.57 Å². The van der Waals surface area contributed by atoms with E-state index in [4.69, 9.17) is 4.98 Å². The molecule has 4 rings (SSSR count). The molecule has 1 aliphatic heterocycles. The lowest BCUT2D eigenvalue weighted by atomic mass is 10.1. The zero-order valence-electron chi connectivity index (χ0n) is 20.5. The molecule has 0 N–H and O–H groups in total. The number of fused-ring (bicyclic) bond motifs is 3. The van der Waals surface area contributed by atoms with Crippen LogP contribution < -0.4 is 16.1 Å². The summed E-state index contributed by atoms with van der Waals surface area (Å²) in [6.07, 6.45) is 8.05. The number of hydrogen-bond acceptors (Lipinski definition) is 4. The predicted molar refractivity (Wildman–Crippen MR) is 135 cm³/mol. The van der Waals surface area contributed by atoms with Crippen molar-refractivity contribution in [1.29, 1.82) is 0 Å². The summed E-state index contributed by atoms with van der Waals surface area (Å²) in [5.74, 6) is 1.09. The fourth-order valence-corrected chi connectivity index (χ4v) is 4.87. The lowest BCUT2D eigenvalue weighted by molar-refractivity contribution is 0.457. The molecule has 7 heteroatoms. The predicted octanol–water partition coefficient (Wildman–Crippen LogP) is 4.74. The van der Waals surface area contributed by atoms with Crippen molar-refractivity contribution in [3.8, 4) is 0 Å². The molecule has 0 saturated carbocycles. The summed E-state index contributed by atoms with van der Waals surface area (Å²) in [7, 11) is 1.73. The van der Waals surface area contributed by atoms with Crippen molar-refractivity contribution in [2.75, 3.05) is 11.4 Å². The van der Waals surface area contributed by atoms with Crippen LogP contribution in [0, 0.1) is 12.8 Å². The lowest BCUT2D eigenvalue weighted by Gasteiger charge is -2.33. The number of benzene rings is 1. The second-order valence-electron chi connectivity index (χ2n) is 9.67. The molecule has 0 saturated heterocycles. The Hall–Kier alpha value is -2.83. The average molecular weight is 452 g/mol. The van der Waals surface area contributed by atoms with Crippen LogP contribution in [0.15, 0.2) is 33.9 Å². The number of rotatable bonds is 9. The van der Waals surface area contributed by atoms with Crippen LogP contribution >= 0.6 is 0 Å². The van der Waals surface area contributed by atoms with Crippen LogP contribution in [-0.2, 0) is 20.1 Å². The minimum absolute atomic E-state index is 0.212. The van der Waals surface area contributed by atoms with Gasteiger partial charge in [0.2, 0.25) is 5.95 Å². The highest BCUT2D eigenvalue weighted by Crippen LogP contribution is 2.32. The molecule has 178 valence electrons. The second kappa shape index (κ2) is 9.98. The molecule has 0 spiro atoms. The Morgan fingerprint density at radius 2 is 1.64 bits per heavy atom. The molecule has 1 aromatic carbocycles. The zero-order chi connectivity index (χ0) is 23.5. The van der Waals surface area contributed by atoms with Crippen molar-refractivity contribution in [2.24, 2.45) is 13.0 Å². The Morgan fingerprint density at radius 1 is 0.970 bits per heavy atom. The minimum Gasteiger partial charge on any atom is -0.312 e. The van der Waals surface area contributed by atoms with Crippen LogP contribution in [0.5, 0.6) is 0 Å². The summed E-state index contributed by atoms with van der Waals surface area (Å²) in [4.78, 5) is 33.5. The Morgan fingerprint density at radius 3 is 2.33 bits per heavy atom. The van der Waals surface area contributed by atoms with Gasteiger partial charge in [0.1, 0.15) is 0 Å². The van der Waals surface area contributed by atoms with E-state index in [2.05, 4.69) is 49.9 Å². The van der Waals surface area contributed by atoms with Gasteiger partial charge in [-0.3, -0.25) is 13.9 Å². The first kappa shape index (κ1) is 23.3. The average Bonchev–Trinajstić information content (AvgIpc) is 3.18. The lowest BCUT2D eigenvalue weighted by Crippen LogP contribution is -2.40. The third-order valence-corrected chi connectivity index (χ3v) is 6.77. The Bertz CT molecular complexity index is 1220. The van der Waals surface area contributed by atoms with E-state index in [9.17, 15) is 9.59 Å². The first-order valence-electron chi connectivity index (χ1n) is 12.5. The molecular formula is C26H37N5O2. The standard InChI is InChI=1S/C26H37N5O2/c1-5-6-7-8-9-10-11-16-29-24(32)22-23(28(4)26(29)33)27-25-30(17-20(3)18-31(22)25)21-14-12-19(2)13-15-21/h12-15,20H,5-11,16-18H2,1-4H3/t20-/m1/s1. The van der Waals surface area contributed by atoms with Gasteiger partial charge in [-0.1, -0.05) is 70.1 Å². The smallest absolute Gasteiger partial charge is 0.312 e. The zero-order valence-corrected chi connectivity index (χ0v) is 20.5. The van der Waals surface area contributed by atoms with Crippen molar-refractivity contribution < 1.29 is 0 Å². The van der Waals surface area contributed by atoms with Crippen LogP contribution in [0.3, 0.4) is 0 Å². The van der Waals surface area contributed by atoms with Crippen molar-refractivity contribution in [2.45, 2.75) is 78.8 Å². The molecule has 1 atom stereocenters. The fourth-order valence-electron chi connectivity index (χ4n) is 4.87. The number of unbranched alkanes of at least 4 members (excludes halogenated alkanes) is 6. The summed E-state index contributed by atoms with van der Waals surface area (Å²) in [5, 5.41) is 0. The van der Waals surface area contributed by atoms with E-state index in [1.165, 1.54) is 35.8 Å². The first-order valence-corrected chi connectivity index (χ1v) is 12.5. The van der Waals surface area contributed by atoms with E-state index in [-0.39, 0.29) is 11.2 Å². The van der Waals surface area contributed by atoms with Crippen molar-refractivity contribution in [1.82, 2.24) is 18.7 Å². The molecule has 0 aliphatic carbocycles. The van der Waals surface area contributed by atoms with Gasteiger partial charge in [-0.05, 0) is 31.4 Å². The van der Waals surface area contributed by atoms with E-state index < -0.39 is 0 Å². The first-order chi connectivity index (χ1) is 15.9. The highest BCUT2D eigenvalue weighted by Gasteiger charge is 2.29. The fraction of sp³-hybridized carbons (Fsp3) is 0.577. The van der Waals surface area contributed by atoms with Crippen LogP contribution in [0.1, 0.15) is 64.4 Å². The normalized spacial score (nSPS) is 15.9. The van der Waals surface area contributed by atoms with Gasteiger partial charge >= 0.3 is 5.69 Å². The van der Waals surface area contributed by atoms with Crippen molar-refractivity contribution >= 4 is 22.8 Å². The summed E-state index contributed by atoms with van der Waals surface area (Å²) >= 11 is 0. The van der Waals surface area contributed by atoms with Crippen LogP contribution in [0.2, 0.25) is 0 Å². The van der Waals surface area contributed by atoms with Gasteiger partial charge in [0.25, 0.3) is 5.56 Å². The highest BCUT2D eigenvalue weighted by molar-refractivity contribution is 5.77. The SMILES string of the molecule is CCCCCCCCCn1c(=O)c2c(nc3n2C[C@H](C)CN3c2ccc(C)cc2)n(C)c1=O. The van der Waals surface area contributed by atoms with Gasteiger partial charge in [0, 0.05) is 32.4 Å². The maximum Gasteiger partial charge on any atom is 0.332 e. The van der Waals surface area contributed by atoms with Gasteiger partial charge in [-0.15, -0.1) is 0 Å². The van der Waals surface area contributed by atoms with Crippen LogP contribution in [0.25, 0.3) is 11.2 Å². The minimum atomic E-state index is -0.274. The molecule has 3 heterocycles. The molecule has 33 heavy (non-hydrogen) atoms. The summed E-state index contributed by atoms with van der Waals surface area (Å²) in [6, 6.07) is 8.36. The van der Waals surface area contributed by atoms with Crippen LogP contribution in [0.4, 0.5) is 11.6 Å². The highest BCUT2D eigenvalue weighted by atomic mass is 16.2. The molecule has 7 nitrogen and oxygen atoms in total. The largest absolute Gasteiger partial charge is 0.332 e. The van der Waals surface area contributed by atoms with E-state index in [0.717, 1.165) is 44.0 Å². The Kier molecular flexibility index (Phi) is 7.05. The summed E-state index contributed by atoms with van der Waals surface area (Å²) < 4.78 is 4.98. The molecule has 3 aromatic rings. The van der Waals surface area contributed by atoms with Gasteiger partial charge < -0.3 is 9.47 Å². The van der Waals surface area contributed by atoms with Crippen molar-refractivity contribution in [3.05, 3.63) is 50.7 Å². The number of anilines is 2. The van der Waals surface area contributed by atoms with Gasteiger partial charge in [0.05, 0.1) is 0 Å². The maximum atomic E-state index is 13.5. The third kappa shape index (κ3) is 4.63. The number of hydrogen-bond donors (Lipinski definition) is 0. The third-order valence-electron chi connectivity index (χ3n) is 6.77. The van der Waals surface area contributed by atoms with Gasteiger partial charge in [-0.2, -0.15) is 4.98 Å². The number of aromatic nitrogens is 4. The molecule has 0 radical (unpaired) electrons. The number of nitrogens with zero attached hydrogens (tertiary/aromatic N) is 5. The van der Waals surface area contributed by atoms with E-state index in [1.54, 1.807) is 11.6 Å². The summed E-state index contributed by atoms with van der Waals surface area (Å²) in [5.41, 5.74) is 2.78. The Labute approximate surface area is 195 Å². The summed E-state index contributed by atoms with van der Waals surface area (Å²) in [6.45, 7) is 8.49. The van der Waals surface area contributed by atoms with E-state index in [0.29, 0.717) is 23.6 Å². The molecule has 0 unspecified atom stereocenters. The molecule has 0 fully saturated rings. The van der Waals surface area contributed by atoms with E-state index >= 15 is 0 Å². The number of aryl methyl sites for hydroxylation is 2. The quantitative estimate of drug-likeness (QED) is 0.441. The van der Waals surface area contributed by atoms with Gasteiger partial charge in [-0.25, -0.2) is 4.79 Å². The van der Waals surface area contributed by atoms with Crippen molar-refractivity contribution in [3.63, 3.8) is 0 Å². The topological polar surface area (TPSA) is 65.1 Å².